The number of likely N-dealkylation sites (N-methyl/N-ethyl adjacent to an activating group) is 1. The van der Waals surface area contributed by atoms with E-state index in [9.17, 15) is 9.59 Å². The summed E-state index contributed by atoms with van der Waals surface area (Å²) in [6.07, 6.45) is 1.39. The number of carboxylic acids is 1. The average Bonchev–Trinajstić information content (AvgIpc) is 2.79. The molecule has 0 aromatic rings. The molecule has 0 bridgehead atoms. The van der Waals surface area contributed by atoms with E-state index < -0.39 is 11.5 Å². The summed E-state index contributed by atoms with van der Waals surface area (Å²) in [5.74, 6) is -1.05. The van der Waals surface area contributed by atoms with Crippen molar-refractivity contribution in [2.45, 2.75) is 24.8 Å². The normalized spacial score (nSPS) is 18.0. The molecule has 0 aromatic heterocycles. The number of rotatable bonds is 4. The Labute approximate surface area is 76.5 Å². The van der Waals surface area contributed by atoms with Gasteiger partial charge in [-0.15, -0.1) is 0 Å². The first-order chi connectivity index (χ1) is 5.96. The summed E-state index contributed by atoms with van der Waals surface area (Å²) in [4.78, 5) is 23.1. The second-order valence-corrected chi connectivity index (χ2v) is 3.53. The molecule has 5 heteroatoms. The molecular formula is C8H14N2O3. The summed E-state index contributed by atoms with van der Waals surface area (Å²) < 4.78 is 0. The quantitative estimate of drug-likeness (QED) is 0.614. The smallest absolute Gasteiger partial charge is 0.305 e. The van der Waals surface area contributed by atoms with Crippen LogP contribution in [0.15, 0.2) is 0 Å². The molecule has 1 fully saturated rings. The van der Waals surface area contributed by atoms with Gasteiger partial charge in [-0.25, -0.2) is 0 Å². The van der Waals surface area contributed by atoms with E-state index in [-0.39, 0.29) is 18.9 Å². The van der Waals surface area contributed by atoms with Crippen LogP contribution in [0.3, 0.4) is 0 Å². The van der Waals surface area contributed by atoms with Gasteiger partial charge < -0.3 is 15.7 Å². The highest BCUT2D eigenvalue weighted by Crippen LogP contribution is 2.33. The van der Waals surface area contributed by atoms with Crippen LogP contribution in [0.5, 0.6) is 0 Å². The van der Waals surface area contributed by atoms with Crippen molar-refractivity contribution in [1.82, 2.24) is 4.90 Å². The SMILES string of the molecule is CN(CCC(=O)O)C(=O)C1(N)CC1. The maximum absolute atomic E-state index is 11.4. The Kier molecular flexibility index (Phi) is 2.56. The fourth-order valence-electron chi connectivity index (χ4n) is 1.09. The zero-order valence-corrected chi connectivity index (χ0v) is 7.62. The van der Waals surface area contributed by atoms with Crippen molar-refractivity contribution >= 4 is 11.9 Å². The van der Waals surface area contributed by atoms with Crippen LogP contribution in [0.2, 0.25) is 0 Å². The molecule has 0 aromatic carbocycles. The molecule has 1 aliphatic rings. The summed E-state index contributed by atoms with van der Waals surface area (Å²) in [5.41, 5.74) is 4.97. The minimum atomic E-state index is -0.901. The van der Waals surface area contributed by atoms with Gasteiger partial charge in [-0.2, -0.15) is 0 Å². The lowest BCUT2D eigenvalue weighted by Crippen LogP contribution is -2.44. The van der Waals surface area contributed by atoms with Gasteiger partial charge in [0.25, 0.3) is 0 Å². The van der Waals surface area contributed by atoms with Crippen molar-refractivity contribution in [2.24, 2.45) is 5.73 Å². The summed E-state index contributed by atoms with van der Waals surface area (Å²) in [7, 11) is 1.58. The molecule has 5 nitrogen and oxygen atoms in total. The first-order valence-electron chi connectivity index (χ1n) is 4.22. The summed E-state index contributed by atoms with van der Waals surface area (Å²) in [6, 6.07) is 0. The monoisotopic (exact) mass is 186 g/mol. The van der Waals surface area contributed by atoms with Gasteiger partial charge >= 0.3 is 5.97 Å². The van der Waals surface area contributed by atoms with Crippen molar-refractivity contribution < 1.29 is 14.7 Å². The lowest BCUT2D eigenvalue weighted by Gasteiger charge is -2.19. The Morgan fingerprint density at radius 3 is 2.46 bits per heavy atom. The third kappa shape index (κ3) is 2.42. The Morgan fingerprint density at radius 1 is 1.54 bits per heavy atom. The first kappa shape index (κ1) is 9.98. The van der Waals surface area contributed by atoms with E-state index in [1.807, 2.05) is 0 Å². The fraction of sp³-hybridized carbons (Fsp3) is 0.750. The highest BCUT2D eigenvalue weighted by atomic mass is 16.4. The number of hydrogen-bond donors (Lipinski definition) is 2. The molecule has 1 aliphatic carbocycles. The van der Waals surface area contributed by atoms with Crippen LogP contribution < -0.4 is 5.73 Å². The Morgan fingerprint density at radius 2 is 2.08 bits per heavy atom. The van der Waals surface area contributed by atoms with E-state index in [4.69, 9.17) is 10.8 Å². The Bertz CT molecular complexity index is 236. The van der Waals surface area contributed by atoms with Gasteiger partial charge in [0, 0.05) is 13.6 Å². The van der Waals surface area contributed by atoms with E-state index in [2.05, 4.69) is 0 Å². The van der Waals surface area contributed by atoms with Gasteiger partial charge in [0.1, 0.15) is 0 Å². The van der Waals surface area contributed by atoms with Gasteiger partial charge in [-0.1, -0.05) is 0 Å². The van der Waals surface area contributed by atoms with Crippen molar-refractivity contribution in [3.8, 4) is 0 Å². The lowest BCUT2D eigenvalue weighted by molar-refractivity contribution is -0.138. The first-order valence-corrected chi connectivity index (χ1v) is 4.22. The van der Waals surface area contributed by atoms with Crippen LogP contribution in [-0.4, -0.2) is 41.0 Å². The van der Waals surface area contributed by atoms with E-state index in [0.29, 0.717) is 12.8 Å². The van der Waals surface area contributed by atoms with Crippen LogP contribution in [0, 0.1) is 0 Å². The largest absolute Gasteiger partial charge is 0.481 e. The maximum Gasteiger partial charge on any atom is 0.305 e. The molecule has 1 rings (SSSR count). The molecule has 1 saturated carbocycles. The molecule has 0 atom stereocenters. The number of amides is 1. The lowest BCUT2D eigenvalue weighted by atomic mass is 10.2. The van der Waals surface area contributed by atoms with Gasteiger partial charge in [0.2, 0.25) is 5.91 Å². The number of carbonyl (C=O) groups is 2. The minimum absolute atomic E-state index is 0.0294. The molecule has 1 amide bonds. The number of nitrogens with zero attached hydrogens (tertiary/aromatic N) is 1. The number of aliphatic carboxylic acids is 1. The van der Waals surface area contributed by atoms with E-state index >= 15 is 0 Å². The van der Waals surface area contributed by atoms with Gasteiger partial charge in [0.05, 0.1) is 12.0 Å². The van der Waals surface area contributed by atoms with Crippen LogP contribution in [-0.2, 0) is 9.59 Å². The predicted molar refractivity (Wildman–Crippen MR) is 46.0 cm³/mol. The van der Waals surface area contributed by atoms with Gasteiger partial charge in [-0.05, 0) is 12.8 Å². The summed E-state index contributed by atoms with van der Waals surface area (Å²) in [6.45, 7) is 0.229. The topological polar surface area (TPSA) is 83.6 Å². The second kappa shape index (κ2) is 3.33. The molecule has 0 radical (unpaired) electrons. The molecule has 0 aliphatic heterocycles. The van der Waals surface area contributed by atoms with Crippen LogP contribution >= 0.6 is 0 Å². The summed E-state index contributed by atoms with van der Waals surface area (Å²) >= 11 is 0. The second-order valence-electron chi connectivity index (χ2n) is 3.53. The molecular weight excluding hydrogens is 172 g/mol. The predicted octanol–water partition coefficient (Wildman–Crippen LogP) is -0.589. The number of carbonyl (C=O) groups excluding carboxylic acids is 1. The van der Waals surface area contributed by atoms with Crippen molar-refractivity contribution in [2.75, 3.05) is 13.6 Å². The standard InChI is InChI=1S/C8H14N2O3/c1-10(5-2-6(11)12)7(13)8(9)3-4-8/h2-5,9H2,1H3,(H,11,12). The van der Waals surface area contributed by atoms with Gasteiger partial charge in [-0.3, -0.25) is 9.59 Å². The van der Waals surface area contributed by atoms with Crippen molar-refractivity contribution in [3.63, 3.8) is 0 Å². The highest BCUT2D eigenvalue weighted by molar-refractivity contribution is 5.89. The molecule has 3 N–H and O–H groups in total. The third-order valence-electron chi connectivity index (χ3n) is 2.22. The molecule has 0 unspecified atom stereocenters. The van der Waals surface area contributed by atoms with E-state index in [1.165, 1.54) is 4.90 Å². The fourth-order valence-corrected chi connectivity index (χ4v) is 1.09. The summed E-state index contributed by atoms with van der Waals surface area (Å²) in [5, 5.41) is 8.39. The van der Waals surface area contributed by atoms with Gasteiger partial charge in [0.15, 0.2) is 0 Å². The number of nitrogens with two attached hydrogens (primary N) is 1. The highest BCUT2D eigenvalue weighted by Gasteiger charge is 2.47. The molecule has 74 valence electrons. The molecule has 0 heterocycles. The van der Waals surface area contributed by atoms with Crippen LogP contribution in [0.1, 0.15) is 19.3 Å². The number of hydrogen-bond acceptors (Lipinski definition) is 3. The molecule has 13 heavy (non-hydrogen) atoms. The van der Waals surface area contributed by atoms with E-state index in [0.717, 1.165) is 0 Å². The third-order valence-corrected chi connectivity index (χ3v) is 2.22. The molecule has 0 saturated heterocycles. The van der Waals surface area contributed by atoms with Crippen molar-refractivity contribution in [3.05, 3.63) is 0 Å². The van der Waals surface area contributed by atoms with Crippen LogP contribution in [0.4, 0.5) is 0 Å². The minimum Gasteiger partial charge on any atom is -0.481 e. The average molecular weight is 186 g/mol. The Hall–Kier alpha value is -1.10. The zero-order valence-electron chi connectivity index (χ0n) is 7.62. The zero-order chi connectivity index (χ0) is 10.1. The van der Waals surface area contributed by atoms with E-state index in [1.54, 1.807) is 7.05 Å². The van der Waals surface area contributed by atoms with Crippen LogP contribution in [0.25, 0.3) is 0 Å². The van der Waals surface area contributed by atoms with Crippen molar-refractivity contribution in [1.29, 1.82) is 0 Å². The Balaban J connectivity index is 2.34. The maximum atomic E-state index is 11.4. The number of carboxylic acid groups (broad SMARTS) is 1. The molecule has 0 spiro atoms.